The number of aliphatic carboxylic acids is 1. The van der Waals surface area contributed by atoms with Crippen LogP contribution in [0, 0.1) is 5.92 Å². The van der Waals surface area contributed by atoms with Crippen molar-refractivity contribution in [2.75, 3.05) is 19.6 Å². The summed E-state index contributed by atoms with van der Waals surface area (Å²) in [5, 5.41) is 8.54. The molecule has 0 aliphatic rings. The largest absolute Gasteiger partial charge is 0.481 e. The summed E-state index contributed by atoms with van der Waals surface area (Å²) in [6.07, 6.45) is 1.22. The average Bonchev–Trinajstić information content (AvgIpc) is 2.26. The molecule has 0 saturated carbocycles. The molecule has 0 radical (unpaired) electrons. The van der Waals surface area contributed by atoms with E-state index in [0.717, 1.165) is 6.42 Å². The van der Waals surface area contributed by atoms with Gasteiger partial charge in [-0.15, -0.1) is 0 Å². The van der Waals surface area contributed by atoms with Crippen LogP contribution in [-0.4, -0.2) is 41.5 Å². The number of carboxylic acid groups (broad SMARTS) is 1. The van der Waals surface area contributed by atoms with Crippen LogP contribution in [0.25, 0.3) is 0 Å². The number of nitrogens with zero attached hydrogens (tertiary/aromatic N) is 1. The van der Waals surface area contributed by atoms with Gasteiger partial charge >= 0.3 is 5.97 Å². The fraction of sp³-hybridized carbons (Fsp3) is 0.818. The monoisotopic (exact) mass is 230 g/mol. The van der Waals surface area contributed by atoms with Gasteiger partial charge in [-0.05, 0) is 25.8 Å². The van der Waals surface area contributed by atoms with Crippen LogP contribution in [-0.2, 0) is 9.59 Å². The Balaban J connectivity index is 3.95. The first-order chi connectivity index (χ1) is 7.51. The van der Waals surface area contributed by atoms with Gasteiger partial charge in [-0.2, -0.15) is 0 Å². The van der Waals surface area contributed by atoms with E-state index < -0.39 is 5.97 Å². The van der Waals surface area contributed by atoms with Gasteiger partial charge in [0.2, 0.25) is 5.91 Å². The number of nitrogens with two attached hydrogens (primary N) is 1. The van der Waals surface area contributed by atoms with E-state index >= 15 is 0 Å². The number of carbonyl (C=O) groups excluding carboxylic acids is 1. The Bertz CT molecular complexity index is 231. The zero-order chi connectivity index (χ0) is 12.6. The summed E-state index contributed by atoms with van der Waals surface area (Å²) in [6.45, 7) is 5.28. The molecule has 0 aromatic carbocycles. The van der Waals surface area contributed by atoms with Crippen molar-refractivity contribution >= 4 is 11.9 Å². The standard InChI is InChI=1S/C11H22N2O3/c1-3-13(7-6-11(15)16)10(14)5-4-9(2)8-12/h9H,3-8,12H2,1-2H3,(H,15,16). The topological polar surface area (TPSA) is 83.6 Å². The third-order valence-electron chi connectivity index (χ3n) is 2.58. The van der Waals surface area contributed by atoms with Crippen molar-refractivity contribution in [2.24, 2.45) is 11.7 Å². The number of rotatable bonds is 8. The summed E-state index contributed by atoms with van der Waals surface area (Å²) in [5.41, 5.74) is 5.46. The first-order valence-corrected chi connectivity index (χ1v) is 5.70. The molecule has 0 spiro atoms. The van der Waals surface area contributed by atoms with Gasteiger partial charge in [-0.3, -0.25) is 9.59 Å². The van der Waals surface area contributed by atoms with E-state index in [-0.39, 0.29) is 12.3 Å². The van der Waals surface area contributed by atoms with Crippen molar-refractivity contribution in [2.45, 2.75) is 33.1 Å². The van der Waals surface area contributed by atoms with Crippen molar-refractivity contribution in [1.82, 2.24) is 4.90 Å². The van der Waals surface area contributed by atoms with Gasteiger partial charge < -0.3 is 15.7 Å². The highest BCUT2D eigenvalue weighted by atomic mass is 16.4. The quantitative estimate of drug-likeness (QED) is 0.642. The van der Waals surface area contributed by atoms with Gasteiger partial charge in [-0.25, -0.2) is 0 Å². The van der Waals surface area contributed by atoms with E-state index in [1.54, 1.807) is 4.90 Å². The minimum absolute atomic E-state index is 0.00597. The molecule has 0 heterocycles. The lowest BCUT2D eigenvalue weighted by molar-refractivity contribution is -0.138. The normalized spacial score (nSPS) is 12.2. The minimum atomic E-state index is -0.874. The van der Waals surface area contributed by atoms with Gasteiger partial charge in [-0.1, -0.05) is 6.92 Å². The summed E-state index contributed by atoms with van der Waals surface area (Å²) < 4.78 is 0. The van der Waals surface area contributed by atoms with Crippen LogP contribution < -0.4 is 5.73 Å². The highest BCUT2D eigenvalue weighted by molar-refractivity contribution is 5.77. The van der Waals surface area contributed by atoms with Crippen LogP contribution in [0.4, 0.5) is 0 Å². The Kier molecular flexibility index (Phi) is 7.54. The van der Waals surface area contributed by atoms with Crippen LogP contribution in [0.1, 0.15) is 33.1 Å². The predicted molar refractivity (Wildman–Crippen MR) is 62.0 cm³/mol. The molecule has 1 amide bonds. The SMILES string of the molecule is CCN(CCC(=O)O)C(=O)CCC(C)CN. The Morgan fingerprint density at radius 3 is 2.44 bits per heavy atom. The smallest absolute Gasteiger partial charge is 0.305 e. The Morgan fingerprint density at radius 2 is 2.00 bits per heavy atom. The Morgan fingerprint density at radius 1 is 1.38 bits per heavy atom. The molecule has 0 fully saturated rings. The fourth-order valence-electron chi connectivity index (χ4n) is 1.34. The summed E-state index contributed by atoms with van der Waals surface area (Å²) in [7, 11) is 0. The first kappa shape index (κ1) is 14.9. The first-order valence-electron chi connectivity index (χ1n) is 5.70. The maximum Gasteiger partial charge on any atom is 0.305 e. The lowest BCUT2D eigenvalue weighted by atomic mass is 10.1. The van der Waals surface area contributed by atoms with E-state index in [4.69, 9.17) is 10.8 Å². The minimum Gasteiger partial charge on any atom is -0.481 e. The molecule has 3 N–H and O–H groups in total. The van der Waals surface area contributed by atoms with Crippen molar-refractivity contribution in [3.05, 3.63) is 0 Å². The van der Waals surface area contributed by atoms with Gasteiger partial charge in [0, 0.05) is 19.5 Å². The van der Waals surface area contributed by atoms with E-state index in [2.05, 4.69) is 0 Å². The second-order valence-electron chi connectivity index (χ2n) is 4.00. The van der Waals surface area contributed by atoms with Gasteiger partial charge in [0.05, 0.1) is 6.42 Å². The second-order valence-corrected chi connectivity index (χ2v) is 4.00. The molecule has 0 aliphatic carbocycles. The highest BCUT2D eigenvalue weighted by Crippen LogP contribution is 2.06. The average molecular weight is 230 g/mol. The van der Waals surface area contributed by atoms with Crippen LogP contribution in [0.15, 0.2) is 0 Å². The fourth-order valence-corrected chi connectivity index (χ4v) is 1.34. The molecule has 0 aliphatic heterocycles. The molecule has 5 nitrogen and oxygen atoms in total. The molecule has 0 saturated heterocycles. The third-order valence-corrected chi connectivity index (χ3v) is 2.58. The lowest BCUT2D eigenvalue weighted by Crippen LogP contribution is -2.33. The van der Waals surface area contributed by atoms with Gasteiger partial charge in [0.1, 0.15) is 0 Å². The number of hydrogen-bond donors (Lipinski definition) is 2. The molecule has 0 rings (SSSR count). The molecular formula is C11H22N2O3. The number of amides is 1. The summed E-state index contributed by atoms with van der Waals surface area (Å²) in [5.74, 6) is -0.521. The van der Waals surface area contributed by atoms with E-state index in [9.17, 15) is 9.59 Å². The predicted octanol–water partition coefficient (Wildman–Crippen LogP) is 0.685. The van der Waals surface area contributed by atoms with Crippen LogP contribution in [0.3, 0.4) is 0 Å². The number of carbonyl (C=O) groups is 2. The highest BCUT2D eigenvalue weighted by Gasteiger charge is 2.13. The van der Waals surface area contributed by atoms with E-state index in [0.29, 0.717) is 32.0 Å². The van der Waals surface area contributed by atoms with E-state index in [1.807, 2.05) is 13.8 Å². The molecule has 94 valence electrons. The maximum absolute atomic E-state index is 11.7. The van der Waals surface area contributed by atoms with E-state index in [1.165, 1.54) is 0 Å². The Labute approximate surface area is 96.6 Å². The van der Waals surface area contributed by atoms with Crippen molar-refractivity contribution in [1.29, 1.82) is 0 Å². The van der Waals surface area contributed by atoms with Gasteiger partial charge in [0.25, 0.3) is 0 Å². The molecule has 5 heteroatoms. The number of hydrogen-bond acceptors (Lipinski definition) is 3. The van der Waals surface area contributed by atoms with Crippen molar-refractivity contribution < 1.29 is 14.7 Å². The molecule has 0 aromatic rings. The maximum atomic E-state index is 11.7. The molecule has 16 heavy (non-hydrogen) atoms. The van der Waals surface area contributed by atoms with Gasteiger partial charge in [0.15, 0.2) is 0 Å². The summed E-state index contributed by atoms with van der Waals surface area (Å²) in [6, 6.07) is 0. The summed E-state index contributed by atoms with van der Waals surface area (Å²) >= 11 is 0. The molecule has 0 aromatic heterocycles. The Hall–Kier alpha value is -1.10. The zero-order valence-electron chi connectivity index (χ0n) is 10.1. The zero-order valence-corrected chi connectivity index (χ0v) is 10.1. The van der Waals surface area contributed by atoms with Crippen LogP contribution in [0.2, 0.25) is 0 Å². The van der Waals surface area contributed by atoms with Crippen molar-refractivity contribution in [3.63, 3.8) is 0 Å². The van der Waals surface area contributed by atoms with Crippen LogP contribution in [0.5, 0.6) is 0 Å². The molecule has 0 bridgehead atoms. The molecule has 1 unspecified atom stereocenters. The lowest BCUT2D eigenvalue weighted by Gasteiger charge is -2.20. The van der Waals surface area contributed by atoms with Crippen LogP contribution >= 0.6 is 0 Å². The van der Waals surface area contributed by atoms with Crippen molar-refractivity contribution in [3.8, 4) is 0 Å². The summed E-state index contributed by atoms with van der Waals surface area (Å²) in [4.78, 5) is 23.7. The molecular weight excluding hydrogens is 208 g/mol. The second kappa shape index (κ2) is 8.10. The third kappa shape index (κ3) is 6.40. The molecule has 1 atom stereocenters. The number of carboxylic acids is 1.